The number of nitrogens with one attached hydrogen (secondary N) is 1. The fraction of sp³-hybridized carbons (Fsp3) is 0.0909. The molecule has 2 heterocycles. The molecule has 0 fully saturated rings. The normalized spacial score (nSPS) is 11.0. The number of hydrogen-bond acceptors (Lipinski definition) is 3. The molecule has 74 valence electrons. The highest BCUT2D eigenvalue weighted by Gasteiger charge is 2.05. The van der Waals surface area contributed by atoms with Crippen molar-refractivity contribution < 1.29 is 0 Å². The molecule has 0 spiro atoms. The lowest BCUT2D eigenvalue weighted by Gasteiger charge is -2.06. The molecule has 4 heteroatoms. The molecular formula is C11H10N4. The smallest absolute Gasteiger partial charge is 0.152 e. The number of hydrogen-bond donors (Lipinski definition) is 1. The Labute approximate surface area is 86.6 Å². The van der Waals surface area contributed by atoms with E-state index in [1.54, 1.807) is 6.33 Å². The Morgan fingerprint density at radius 3 is 2.93 bits per heavy atom. The van der Waals surface area contributed by atoms with Crippen molar-refractivity contribution in [3.63, 3.8) is 0 Å². The van der Waals surface area contributed by atoms with Gasteiger partial charge in [0.2, 0.25) is 0 Å². The molecule has 3 aromatic rings. The van der Waals surface area contributed by atoms with E-state index < -0.39 is 0 Å². The summed E-state index contributed by atoms with van der Waals surface area (Å²) in [6, 6.07) is 8.02. The topological polar surface area (TPSA) is 42.2 Å². The van der Waals surface area contributed by atoms with E-state index in [0.29, 0.717) is 0 Å². The van der Waals surface area contributed by atoms with Crippen LogP contribution in [0.3, 0.4) is 0 Å². The summed E-state index contributed by atoms with van der Waals surface area (Å²) in [6.07, 6.45) is 3.62. The van der Waals surface area contributed by atoms with Crippen LogP contribution in [0.15, 0.2) is 36.8 Å². The first-order valence-corrected chi connectivity index (χ1v) is 4.79. The Morgan fingerprint density at radius 2 is 2.07 bits per heavy atom. The van der Waals surface area contributed by atoms with Crippen molar-refractivity contribution in [1.29, 1.82) is 0 Å². The highest BCUT2D eigenvalue weighted by Crippen LogP contribution is 2.20. The van der Waals surface area contributed by atoms with Gasteiger partial charge in [-0.3, -0.25) is 4.40 Å². The molecule has 1 N–H and O–H groups in total. The summed E-state index contributed by atoms with van der Waals surface area (Å²) in [7, 11) is 1.87. The van der Waals surface area contributed by atoms with Crippen LogP contribution in [0.5, 0.6) is 0 Å². The van der Waals surface area contributed by atoms with E-state index in [4.69, 9.17) is 0 Å². The minimum atomic E-state index is 0.853. The fourth-order valence-electron chi connectivity index (χ4n) is 1.79. The molecule has 0 saturated carbocycles. The van der Waals surface area contributed by atoms with Gasteiger partial charge in [0.05, 0.1) is 23.6 Å². The summed E-state index contributed by atoms with van der Waals surface area (Å²) in [5, 5.41) is 3.08. The maximum absolute atomic E-state index is 4.52. The van der Waals surface area contributed by atoms with E-state index >= 15 is 0 Å². The first-order valence-electron chi connectivity index (χ1n) is 4.79. The lowest BCUT2D eigenvalue weighted by molar-refractivity contribution is 1.18. The van der Waals surface area contributed by atoms with E-state index in [1.807, 2.05) is 41.9 Å². The number of fused-ring (bicyclic) bond motifs is 3. The molecule has 0 saturated heterocycles. The zero-order valence-electron chi connectivity index (χ0n) is 8.31. The molecule has 0 amide bonds. The first kappa shape index (κ1) is 8.23. The number of imidazole rings is 1. The SMILES string of the molecule is CNc1nc2ccccc2n2cncc12. The van der Waals surface area contributed by atoms with Crippen molar-refractivity contribution in [2.24, 2.45) is 0 Å². The third kappa shape index (κ3) is 1.08. The van der Waals surface area contributed by atoms with Gasteiger partial charge in [0.1, 0.15) is 5.52 Å². The largest absolute Gasteiger partial charge is 0.371 e. The standard InChI is InChI=1S/C11H10N4/c1-12-11-10-6-13-7-15(10)9-5-3-2-4-8(9)14-11/h2-7H,1H3,(H,12,14). The predicted octanol–water partition coefficient (Wildman–Crippen LogP) is 1.92. The maximum atomic E-state index is 4.52. The summed E-state index contributed by atoms with van der Waals surface area (Å²) in [4.78, 5) is 8.67. The van der Waals surface area contributed by atoms with E-state index in [0.717, 1.165) is 22.4 Å². The first-order chi connectivity index (χ1) is 7.40. The second-order valence-corrected chi connectivity index (χ2v) is 3.35. The van der Waals surface area contributed by atoms with Gasteiger partial charge in [-0.2, -0.15) is 0 Å². The van der Waals surface area contributed by atoms with Crippen molar-refractivity contribution in [1.82, 2.24) is 14.4 Å². The van der Waals surface area contributed by atoms with Gasteiger partial charge in [0, 0.05) is 7.05 Å². The second kappa shape index (κ2) is 2.95. The Hall–Kier alpha value is -2.10. The third-order valence-corrected chi connectivity index (χ3v) is 2.49. The van der Waals surface area contributed by atoms with E-state index in [2.05, 4.69) is 15.3 Å². The van der Waals surface area contributed by atoms with Crippen LogP contribution in [-0.4, -0.2) is 21.4 Å². The van der Waals surface area contributed by atoms with Crippen LogP contribution in [0.4, 0.5) is 5.82 Å². The van der Waals surface area contributed by atoms with Crippen LogP contribution < -0.4 is 5.32 Å². The molecule has 4 nitrogen and oxygen atoms in total. The van der Waals surface area contributed by atoms with Crippen molar-refractivity contribution >= 4 is 22.4 Å². The lowest BCUT2D eigenvalue weighted by atomic mass is 10.3. The van der Waals surface area contributed by atoms with Crippen LogP contribution in [0, 0.1) is 0 Å². The molecule has 1 aromatic carbocycles. The number of benzene rings is 1. The fourth-order valence-corrected chi connectivity index (χ4v) is 1.79. The molecule has 0 aliphatic carbocycles. The monoisotopic (exact) mass is 198 g/mol. The summed E-state index contributed by atoms with van der Waals surface area (Å²) < 4.78 is 2.04. The number of anilines is 1. The zero-order chi connectivity index (χ0) is 10.3. The number of para-hydroxylation sites is 2. The average molecular weight is 198 g/mol. The van der Waals surface area contributed by atoms with Crippen LogP contribution in [0.1, 0.15) is 0 Å². The van der Waals surface area contributed by atoms with Gasteiger partial charge in [0.25, 0.3) is 0 Å². The summed E-state index contributed by atoms with van der Waals surface area (Å²) >= 11 is 0. The maximum Gasteiger partial charge on any atom is 0.152 e. The second-order valence-electron chi connectivity index (χ2n) is 3.35. The van der Waals surface area contributed by atoms with Gasteiger partial charge in [0.15, 0.2) is 5.82 Å². The number of aromatic nitrogens is 3. The molecule has 0 radical (unpaired) electrons. The molecule has 15 heavy (non-hydrogen) atoms. The van der Waals surface area contributed by atoms with Gasteiger partial charge in [-0.05, 0) is 12.1 Å². The molecule has 0 atom stereocenters. The highest BCUT2D eigenvalue weighted by atomic mass is 15.1. The Bertz CT molecular complexity index is 627. The number of nitrogens with zero attached hydrogens (tertiary/aromatic N) is 3. The molecular weight excluding hydrogens is 188 g/mol. The summed E-state index contributed by atoms with van der Waals surface area (Å²) in [5.41, 5.74) is 3.03. The molecule has 0 aliphatic rings. The van der Waals surface area contributed by atoms with Crippen molar-refractivity contribution in [3.8, 4) is 0 Å². The Kier molecular flexibility index (Phi) is 1.62. The van der Waals surface area contributed by atoms with Crippen molar-refractivity contribution in [2.45, 2.75) is 0 Å². The van der Waals surface area contributed by atoms with E-state index in [-0.39, 0.29) is 0 Å². The van der Waals surface area contributed by atoms with Crippen molar-refractivity contribution in [2.75, 3.05) is 12.4 Å². The van der Waals surface area contributed by atoms with Crippen molar-refractivity contribution in [3.05, 3.63) is 36.8 Å². The molecule has 3 rings (SSSR count). The van der Waals surface area contributed by atoms with Gasteiger partial charge in [-0.25, -0.2) is 9.97 Å². The van der Waals surface area contributed by atoms with Crippen LogP contribution in [0.2, 0.25) is 0 Å². The highest BCUT2D eigenvalue weighted by molar-refractivity contribution is 5.83. The van der Waals surface area contributed by atoms with Gasteiger partial charge >= 0.3 is 0 Å². The Balaban J connectivity index is 2.57. The summed E-state index contributed by atoms with van der Waals surface area (Å²) in [6.45, 7) is 0. The molecule has 0 aliphatic heterocycles. The minimum Gasteiger partial charge on any atom is -0.371 e. The van der Waals surface area contributed by atoms with Gasteiger partial charge < -0.3 is 5.32 Å². The molecule has 2 aromatic heterocycles. The van der Waals surface area contributed by atoms with Crippen LogP contribution in [0.25, 0.3) is 16.6 Å². The molecule has 0 bridgehead atoms. The quantitative estimate of drug-likeness (QED) is 0.649. The van der Waals surface area contributed by atoms with Crippen LogP contribution >= 0.6 is 0 Å². The van der Waals surface area contributed by atoms with Crippen LogP contribution in [-0.2, 0) is 0 Å². The average Bonchev–Trinajstić information content (AvgIpc) is 2.77. The van der Waals surface area contributed by atoms with Gasteiger partial charge in [-0.1, -0.05) is 12.1 Å². The van der Waals surface area contributed by atoms with E-state index in [1.165, 1.54) is 0 Å². The van der Waals surface area contributed by atoms with Gasteiger partial charge in [-0.15, -0.1) is 0 Å². The lowest BCUT2D eigenvalue weighted by Crippen LogP contribution is -1.97. The number of rotatable bonds is 1. The van der Waals surface area contributed by atoms with E-state index in [9.17, 15) is 0 Å². The summed E-state index contributed by atoms with van der Waals surface area (Å²) in [5.74, 6) is 0.853. The molecule has 0 unspecified atom stereocenters. The Morgan fingerprint density at radius 1 is 1.20 bits per heavy atom. The predicted molar refractivity (Wildman–Crippen MR) is 60.0 cm³/mol. The third-order valence-electron chi connectivity index (χ3n) is 2.49. The minimum absolute atomic E-state index is 0.853. The zero-order valence-corrected chi connectivity index (χ0v) is 8.31.